The van der Waals surface area contributed by atoms with Gasteiger partial charge in [0.15, 0.2) is 5.78 Å². The number of carbonyl (C=O) groups is 1. The quantitative estimate of drug-likeness (QED) is 0.542. The molecule has 0 saturated carbocycles. The van der Waals surface area contributed by atoms with Crippen LogP contribution in [0.25, 0.3) is 5.57 Å². The van der Waals surface area contributed by atoms with E-state index in [0.717, 1.165) is 5.56 Å². The molecule has 78 valence electrons. The maximum atomic E-state index is 12.7. The van der Waals surface area contributed by atoms with E-state index in [2.05, 4.69) is 6.58 Å². The molecular formula is C13H13FO. The van der Waals surface area contributed by atoms with Gasteiger partial charge in [-0.1, -0.05) is 37.8 Å². The van der Waals surface area contributed by atoms with Crippen molar-refractivity contribution in [2.24, 2.45) is 0 Å². The van der Waals surface area contributed by atoms with Gasteiger partial charge in [0.05, 0.1) is 0 Å². The SMILES string of the molecule is C=C/C=C(\C(=O)CC)c1ccc(F)cc1. The van der Waals surface area contributed by atoms with Gasteiger partial charge < -0.3 is 0 Å². The van der Waals surface area contributed by atoms with E-state index in [1.807, 2.05) is 0 Å². The van der Waals surface area contributed by atoms with Gasteiger partial charge in [0.1, 0.15) is 5.82 Å². The van der Waals surface area contributed by atoms with Crippen molar-refractivity contribution >= 4 is 11.4 Å². The second-order valence-corrected chi connectivity index (χ2v) is 3.10. The fraction of sp³-hybridized carbons (Fsp3) is 0.154. The topological polar surface area (TPSA) is 17.1 Å². The van der Waals surface area contributed by atoms with Gasteiger partial charge in [-0.05, 0) is 17.7 Å². The van der Waals surface area contributed by atoms with Gasteiger partial charge in [-0.2, -0.15) is 0 Å². The van der Waals surface area contributed by atoms with Gasteiger partial charge in [-0.25, -0.2) is 4.39 Å². The first-order valence-corrected chi connectivity index (χ1v) is 4.81. The van der Waals surface area contributed by atoms with Crippen molar-refractivity contribution < 1.29 is 9.18 Å². The lowest BCUT2D eigenvalue weighted by Crippen LogP contribution is -1.99. The number of halogens is 1. The first kappa shape index (κ1) is 11.4. The monoisotopic (exact) mass is 204 g/mol. The molecule has 15 heavy (non-hydrogen) atoms. The summed E-state index contributed by atoms with van der Waals surface area (Å²) in [6.45, 7) is 5.35. The van der Waals surface area contributed by atoms with Gasteiger partial charge in [0.2, 0.25) is 0 Å². The Morgan fingerprint density at radius 1 is 1.40 bits per heavy atom. The summed E-state index contributed by atoms with van der Waals surface area (Å²) in [5.74, 6) is -0.276. The summed E-state index contributed by atoms with van der Waals surface area (Å²) in [7, 11) is 0. The third kappa shape index (κ3) is 2.88. The largest absolute Gasteiger partial charge is 0.294 e. The second kappa shape index (κ2) is 5.25. The third-order valence-electron chi connectivity index (χ3n) is 2.06. The Labute approximate surface area is 88.9 Å². The minimum atomic E-state index is -0.305. The summed E-state index contributed by atoms with van der Waals surface area (Å²) < 4.78 is 12.7. The van der Waals surface area contributed by atoms with Crippen LogP contribution in [0, 0.1) is 5.82 Å². The molecule has 0 fully saturated rings. The van der Waals surface area contributed by atoms with Gasteiger partial charge >= 0.3 is 0 Å². The highest BCUT2D eigenvalue weighted by atomic mass is 19.1. The molecule has 0 aliphatic carbocycles. The van der Waals surface area contributed by atoms with E-state index in [4.69, 9.17) is 0 Å². The Bertz CT molecular complexity index is 388. The Balaban J connectivity index is 3.10. The number of carbonyl (C=O) groups excluding carboxylic acids is 1. The highest BCUT2D eigenvalue weighted by Gasteiger charge is 2.08. The van der Waals surface area contributed by atoms with Gasteiger partial charge in [-0.15, -0.1) is 0 Å². The molecule has 0 heterocycles. The second-order valence-electron chi connectivity index (χ2n) is 3.10. The van der Waals surface area contributed by atoms with Crippen LogP contribution in [-0.4, -0.2) is 5.78 Å². The molecule has 0 aliphatic rings. The fourth-order valence-corrected chi connectivity index (χ4v) is 1.29. The number of allylic oxidation sites excluding steroid dienone is 3. The molecular weight excluding hydrogens is 191 g/mol. The van der Waals surface area contributed by atoms with Crippen LogP contribution in [-0.2, 0) is 4.79 Å². The summed E-state index contributed by atoms with van der Waals surface area (Å²) in [6.07, 6.45) is 3.64. The number of hydrogen-bond donors (Lipinski definition) is 0. The van der Waals surface area contributed by atoms with Crippen LogP contribution in [0.3, 0.4) is 0 Å². The molecule has 0 N–H and O–H groups in total. The highest BCUT2D eigenvalue weighted by Crippen LogP contribution is 2.17. The van der Waals surface area contributed by atoms with Crippen LogP contribution in [0.15, 0.2) is 43.0 Å². The van der Waals surface area contributed by atoms with Crippen molar-refractivity contribution in [2.45, 2.75) is 13.3 Å². The predicted molar refractivity (Wildman–Crippen MR) is 59.9 cm³/mol. The lowest BCUT2D eigenvalue weighted by atomic mass is 10.00. The summed E-state index contributed by atoms with van der Waals surface area (Å²) in [6, 6.07) is 5.88. The van der Waals surface area contributed by atoms with Crippen LogP contribution < -0.4 is 0 Å². The highest BCUT2D eigenvalue weighted by molar-refractivity contribution is 6.20. The van der Waals surface area contributed by atoms with E-state index in [-0.39, 0.29) is 11.6 Å². The Kier molecular flexibility index (Phi) is 3.98. The van der Waals surface area contributed by atoms with E-state index in [0.29, 0.717) is 12.0 Å². The first-order chi connectivity index (χ1) is 7.19. The zero-order valence-corrected chi connectivity index (χ0v) is 8.66. The normalized spacial score (nSPS) is 11.2. The predicted octanol–water partition coefficient (Wildman–Crippen LogP) is 3.37. The zero-order chi connectivity index (χ0) is 11.3. The van der Waals surface area contributed by atoms with Crippen LogP contribution in [0.2, 0.25) is 0 Å². The molecule has 2 heteroatoms. The summed E-state index contributed by atoms with van der Waals surface area (Å²) >= 11 is 0. The molecule has 0 amide bonds. The molecule has 0 radical (unpaired) electrons. The van der Waals surface area contributed by atoms with Crippen molar-refractivity contribution in [2.75, 3.05) is 0 Å². The van der Waals surface area contributed by atoms with Gasteiger partial charge in [0, 0.05) is 12.0 Å². The molecule has 0 atom stereocenters. The molecule has 0 spiro atoms. The van der Waals surface area contributed by atoms with Crippen molar-refractivity contribution in [1.82, 2.24) is 0 Å². The van der Waals surface area contributed by atoms with Crippen molar-refractivity contribution in [3.05, 3.63) is 54.4 Å². The average Bonchev–Trinajstić information content (AvgIpc) is 2.26. The Morgan fingerprint density at radius 3 is 2.47 bits per heavy atom. The molecule has 0 bridgehead atoms. The number of hydrogen-bond acceptors (Lipinski definition) is 1. The van der Waals surface area contributed by atoms with Crippen LogP contribution in [0.4, 0.5) is 4.39 Å². The lowest BCUT2D eigenvalue weighted by Gasteiger charge is -2.04. The van der Waals surface area contributed by atoms with Crippen molar-refractivity contribution in [3.63, 3.8) is 0 Å². The van der Waals surface area contributed by atoms with Gasteiger partial charge in [0.25, 0.3) is 0 Å². The number of benzene rings is 1. The van der Waals surface area contributed by atoms with Crippen molar-refractivity contribution in [3.8, 4) is 0 Å². The smallest absolute Gasteiger partial charge is 0.163 e. The fourth-order valence-electron chi connectivity index (χ4n) is 1.29. The van der Waals surface area contributed by atoms with E-state index in [9.17, 15) is 9.18 Å². The third-order valence-corrected chi connectivity index (χ3v) is 2.06. The summed E-state index contributed by atoms with van der Waals surface area (Å²) in [5.41, 5.74) is 1.30. The summed E-state index contributed by atoms with van der Waals surface area (Å²) in [5, 5.41) is 0. The average molecular weight is 204 g/mol. The maximum absolute atomic E-state index is 12.7. The molecule has 1 rings (SSSR count). The van der Waals surface area contributed by atoms with E-state index in [1.54, 1.807) is 31.2 Å². The van der Waals surface area contributed by atoms with Crippen LogP contribution >= 0.6 is 0 Å². The van der Waals surface area contributed by atoms with E-state index in [1.165, 1.54) is 12.1 Å². The molecule has 1 aromatic rings. The minimum absolute atomic E-state index is 0.0292. The van der Waals surface area contributed by atoms with Gasteiger partial charge in [-0.3, -0.25) is 4.79 Å². The van der Waals surface area contributed by atoms with Crippen LogP contribution in [0.1, 0.15) is 18.9 Å². The molecule has 1 nitrogen and oxygen atoms in total. The Morgan fingerprint density at radius 2 is 2.00 bits per heavy atom. The minimum Gasteiger partial charge on any atom is -0.294 e. The standard InChI is InChI=1S/C13H13FO/c1-3-5-12(13(15)4-2)10-6-8-11(14)9-7-10/h3,5-9H,1,4H2,2H3/b12-5-. The molecule has 0 unspecified atom stereocenters. The van der Waals surface area contributed by atoms with Crippen molar-refractivity contribution in [1.29, 1.82) is 0 Å². The zero-order valence-electron chi connectivity index (χ0n) is 8.66. The molecule has 0 saturated heterocycles. The number of rotatable bonds is 4. The molecule has 1 aromatic carbocycles. The first-order valence-electron chi connectivity index (χ1n) is 4.81. The van der Waals surface area contributed by atoms with Crippen LogP contribution in [0.5, 0.6) is 0 Å². The van der Waals surface area contributed by atoms with E-state index >= 15 is 0 Å². The summed E-state index contributed by atoms with van der Waals surface area (Å²) in [4.78, 5) is 11.6. The lowest BCUT2D eigenvalue weighted by molar-refractivity contribution is -0.113. The van der Waals surface area contributed by atoms with E-state index < -0.39 is 0 Å². The number of Topliss-reactive ketones (excluding diaryl/α,β-unsaturated/α-hetero) is 1. The molecule has 0 aliphatic heterocycles. The molecule has 0 aromatic heterocycles. The maximum Gasteiger partial charge on any atom is 0.163 e. The Hall–Kier alpha value is -1.70. The number of ketones is 1.